The molecule has 0 aliphatic carbocycles. The number of pyridine rings is 3. The normalized spacial score (nSPS) is 16.6. The molecule has 0 unspecified atom stereocenters. The van der Waals surface area contributed by atoms with E-state index in [1.807, 2.05) is 24.4 Å². The number of thiazole rings is 1. The summed E-state index contributed by atoms with van der Waals surface area (Å²) >= 11 is 1.60. The largest absolute Gasteiger partial charge is 0.355 e. The monoisotopic (exact) mass is 431 g/mol. The van der Waals surface area contributed by atoms with Gasteiger partial charge in [-0.3, -0.25) is 4.98 Å². The van der Waals surface area contributed by atoms with Gasteiger partial charge in [-0.1, -0.05) is 12.1 Å². The van der Waals surface area contributed by atoms with Crippen LogP contribution in [0.1, 0.15) is 24.0 Å². The van der Waals surface area contributed by atoms with Gasteiger partial charge in [-0.2, -0.15) is 0 Å². The first kappa shape index (κ1) is 19.8. The predicted molar refractivity (Wildman–Crippen MR) is 127 cm³/mol. The van der Waals surface area contributed by atoms with Crippen LogP contribution in [0.3, 0.4) is 0 Å². The van der Waals surface area contributed by atoms with E-state index in [0.29, 0.717) is 0 Å². The number of anilines is 3. The Hall–Kier alpha value is -3.10. The van der Waals surface area contributed by atoms with Crippen molar-refractivity contribution in [3.05, 3.63) is 53.9 Å². The molecule has 7 nitrogen and oxygen atoms in total. The first-order chi connectivity index (χ1) is 15.1. The number of aryl methyl sites for hydroxylation is 2. The van der Waals surface area contributed by atoms with Crippen LogP contribution in [0.4, 0.5) is 17.5 Å². The zero-order valence-corrected chi connectivity index (χ0v) is 18.5. The summed E-state index contributed by atoms with van der Waals surface area (Å²) in [5, 5.41) is 4.25. The Bertz CT molecular complexity index is 1240. The number of fused-ring (bicyclic) bond motifs is 1. The molecule has 0 bridgehead atoms. The Morgan fingerprint density at radius 1 is 1.10 bits per heavy atom. The van der Waals surface area contributed by atoms with Gasteiger partial charge in [0.15, 0.2) is 0 Å². The molecule has 1 atom stereocenters. The summed E-state index contributed by atoms with van der Waals surface area (Å²) in [6, 6.07) is 10.2. The van der Waals surface area contributed by atoms with Crippen LogP contribution in [0, 0.1) is 13.8 Å². The van der Waals surface area contributed by atoms with Gasteiger partial charge in [0.05, 0.1) is 10.2 Å². The highest BCUT2D eigenvalue weighted by Crippen LogP contribution is 2.32. The Morgan fingerprint density at radius 2 is 2.00 bits per heavy atom. The van der Waals surface area contributed by atoms with E-state index in [2.05, 4.69) is 46.2 Å². The number of nitrogens with two attached hydrogens (primary N) is 1. The van der Waals surface area contributed by atoms with Gasteiger partial charge in [0.2, 0.25) is 0 Å². The predicted octanol–water partition coefficient (Wildman–Crippen LogP) is 4.44. The Kier molecular flexibility index (Phi) is 5.25. The van der Waals surface area contributed by atoms with Gasteiger partial charge in [0.1, 0.15) is 28.2 Å². The van der Waals surface area contributed by atoms with Gasteiger partial charge in [-0.15, -0.1) is 11.3 Å². The van der Waals surface area contributed by atoms with Gasteiger partial charge in [-0.05, 0) is 49.9 Å². The number of aromatic nitrogens is 4. The van der Waals surface area contributed by atoms with E-state index >= 15 is 0 Å². The third-order valence-electron chi connectivity index (χ3n) is 5.57. The fraction of sp³-hybridized carbons (Fsp3) is 0.304. The second-order valence-electron chi connectivity index (χ2n) is 8.04. The smallest absolute Gasteiger partial charge is 0.143 e. The molecule has 1 fully saturated rings. The maximum atomic E-state index is 6.17. The Labute approximate surface area is 185 Å². The highest BCUT2D eigenvalue weighted by Gasteiger charge is 2.20. The van der Waals surface area contributed by atoms with Gasteiger partial charge >= 0.3 is 0 Å². The van der Waals surface area contributed by atoms with E-state index < -0.39 is 0 Å². The molecular weight excluding hydrogens is 406 g/mol. The minimum atomic E-state index is 0.206. The standard InChI is InChI=1S/C23H25N7S/c1-14-5-3-9-25-21(14)23-27-17-11-20(26-12-18(17)31-23)28-19-8-7-15(2)22(29-19)30-10-4-6-16(24)13-30/h3,5,7-9,11-12,16H,4,6,10,13,24H2,1-2H3,(H,26,28,29)/t16-/m0/s1. The number of hydrogen-bond acceptors (Lipinski definition) is 8. The van der Waals surface area contributed by atoms with Crippen LogP contribution < -0.4 is 16.0 Å². The molecule has 4 aromatic heterocycles. The number of rotatable bonds is 4. The average Bonchev–Trinajstić information content (AvgIpc) is 3.18. The number of hydrogen-bond donors (Lipinski definition) is 2. The number of nitrogens with one attached hydrogen (secondary N) is 1. The molecular formula is C23H25N7S. The number of piperidine rings is 1. The van der Waals surface area contributed by atoms with E-state index in [0.717, 1.165) is 75.4 Å². The molecule has 3 N–H and O–H groups in total. The van der Waals surface area contributed by atoms with Crippen molar-refractivity contribution in [3.63, 3.8) is 0 Å². The molecule has 4 aromatic rings. The second-order valence-corrected chi connectivity index (χ2v) is 9.07. The molecule has 5 rings (SSSR count). The first-order valence-electron chi connectivity index (χ1n) is 10.5. The highest BCUT2D eigenvalue weighted by atomic mass is 32.1. The molecule has 1 saturated heterocycles. The molecule has 31 heavy (non-hydrogen) atoms. The third kappa shape index (κ3) is 4.08. The molecule has 5 heterocycles. The minimum absolute atomic E-state index is 0.206. The summed E-state index contributed by atoms with van der Waals surface area (Å²) in [5.74, 6) is 2.48. The lowest BCUT2D eigenvalue weighted by molar-refractivity contribution is 0.503. The first-order valence-corrected chi connectivity index (χ1v) is 11.3. The average molecular weight is 432 g/mol. The lowest BCUT2D eigenvalue weighted by atomic mass is 10.1. The summed E-state index contributed by atoms with van der Waals surface area (Å²) in [6.07, 6.45) is 5.83. The van der Waals surface area contributed by atoms with Crippen LogP contribution in [0.5, 0.6) is 0 Å². The van der Waals surface area contributed by atoms with Crippen LogP contribution in [0.15, 0.2) is 42.7 Å². The quantitative estimate of drug-likeness (QED) is 0.493. The van der Waals surface area contributed by atoms with Crippen LogP contribution in [0.25, 0.3) is 20.9 Å². The van der Waals surface area contributed by atoms with Gasteiger partial charge < -0.3 is 16.0 Å². The molecule has 1 aliphatic rings. The lowest BCUT2D eigenvalue weighted by Crippen LogP contribution is -2.43. The maximum Gasteiger partial charge on any atom is 0.143 e. The molecule has 0 amide bonds. The summed E-state index contributed by atoms with van der Waals surface area (Å²) in [5.41, 5.74) is 10.3. The third-order valence-corrected chi connectivity index (χ3v) is 6.58. The van der Waals surface area contributed by atoms with Gasteiger partial charge in [0.25, 0.3) is 0 Å². The van der Waals surface area contributed by atoms with Crippen LogP contribution >= 0.6 is 11.3 Å². The van der Waals surface area contributed by atoms with Crippen LogP contribution in [-0.4, -0.2) is 39.1 Å². The SMILES string of the molecule is Cc1cccnc1-c1nc2cc(Nc3ccc(C)c(N4CCC[C@H](N)C4)n3)ncc2s1. The Morgan fingerprint density at radius 3 is 2.84 bits per heavy atom. The fourth-order valence-electron chi connectivity index (χ4n) is 3.96. The zero-order valence-electron chi connectivity index (χ0n) is 17.7. The van der Waals surface area contributed by atoms with Crippen molar-refractivity contribution in [2.45, 2.75) is 32.7 Å². The second kappa shape index (κ2) is 8.20. The van der Waals surface area contributed by atoms with E-state index in [4.69, 9.17) is 15.7 Å². The summed E-state index contributed by atoms with van der Waals surface area (Å²) in [7, 11) is 0. The highest BCUT2D eigenvalue weighted by molar-refractivity contribution is 7.21. The minimum Gasteiger partial charge on any atom is -0.355 e. The Balaban J connectivity index is 1.42. The van der Waals surface area contributed by atoms with Crippen molar-refractivity contribution in [1.82, 2.24) is 19.9 Å². The van der Waals surface area contributed by atoms with E-state index in [-0.39, 0.29) is 6.04 Å². The molecule has 0 saturated carbocycles. The zero-order chi connectivity index (χ0) is 21.4. The fourth-order valence-corrected chi connectivity index (χ4v) is 4.93. The molecule has 0 radical (unpaired) electrons. The molecule has 0 aromatic carbocycles. The van der Waals surface area contributed by atoms with Crippen molar-refractivity contribution in [2.75, 3.05) is 23.3 Å². The van der Waals surface area contributed by atoms with E-state index in [1.165, 1.54) is 0 Å². The molecule has 0 spiro atoms. The van der Waals surface area contributed by atoms with Crippen molar-refractivity contribution in [3.8, 4) is 10.7 Å². The van der Waals surface area contributed by atoms with E-state index in [9.17, 15) is 0 Å². The topological polar surface area (TPSA) is 92.9 Å². The molecule has 8 heteroatoms. The summed E-state index contributed by atoms with van der Waals surface area (Å²) < 4.78 is 1.03. The van der Waals surface area contributed by atoms with Crippen molar-refractivity contribution in [2.24, 2.45) is 5.73 Å². The number of nitrogens with zero attached hydrogens (tertiary/aromatic N) is 5. The summed E-state index contributed by atoms with van der Waals surface area (Å²) in [6.45, 7) is 5.97. The molecule has 1 aliphatic heterocycles. The lowest BCUT2D eigenvalue weighted by Gasteiger charge is -2.32. The van der Waals surface area contributed by atoms with Gasteiger partial charge in [0, 0.05) is 37.6 Å². The van der Waals surface area contributed by atoms with Crippen molar-refractivity contribution in [1.29, 1.82) is 0 Å². The molecule has 158 valence electrons. The summed E-state index contributed by atoms with van der Waals surface area (Å²) in [4.78, 5) is 21.0. The van der Waals surface area contributed by atoms with Crippen molar-refractivity contribution < 1.29 is 0 Å². The maximum absolute atomic E-state index is 6.17. The van der Waals surface area contributed by atoms with Gasteiger partial charge in [-0.25, -0.2) is 15.0 Å². The van der Waals surface area contributed by atoms with Crippen LogP contribution in [-0.2, 0) is 0 Å². The van der Waals surface area contributed by atoms with E-state index in [1.54, 1.807) is 17.5 Å². The van der Waals surface area contributed by atoms with Crippen molar-refractivity contribution >= 4 is 39.0 Å². The van der Waals surface area contributed by atoms with Crippen LogP contribution in [0.2, 0.25) is 0 Å².